The summed E-state index contributed by atoms with van der Waals surface area (Å²) in [5.41, 5.74) is 2.26. The normalized spacial score (nSPS) is 26.0. The number of hydrogen-bond acceptors (Lipinski definition) is 4. The fourth-order valence-corrected chi connectivity index (χ4v) is 3.98. The highest BCUT2D eigenvalue weighted by Crippen LogP contribution is 2.20. The van der Waals surface area contributed by atoms with Gasteiger partial charge < -0.3 is 10.4 Å². The van der Waals surface area contributed by atoms with Crippen LogP contribution >= 0.6 is 0 Å². The van der Waals surface area contributed by atoms with Gasteiger partial charge in [-0.2, -0.15) is 0 Å². The Balaban J connectivity index is 1.60. The maximum Gasteiger partial charge on any atom is 0.0898 e. The first-order valence-electron chi connectivity index (χ1n) is 9.05. The van der Waals surface area contributed by atoms with Crippen LogP contribution in [0.2, 0.25) is 0 Å². The van der Waals surface area contributed by atoms with E-state index in [0.717, 1.165) is 39.0 Å². The lowest BCUT2D eigenvalue weighted by molar-refractivity contribution is -0.0113. The van der Waals surface area contributed by atoms with Gasteiger partial charge in [0.2, 0.25) is 0 Å². The summed E-state index contributed by atoms with van der Waals surface area (Å²) in [5, 5.41) is 14.0. The van der Waals surface area contributed by atoms with Gasteiger partial charge in [-0.05, 0) is 63.5 Å². The lowest BCUT2D eigenvalue weighted by Gasteiger charge is -2.36. The first-order valence-corrected chi connectivity index (χ1v) is 9.05. The fourth-order valence-electron chi connectivity index (χ4n) is 3.98. The fraction of sp³-hybridized carbons (Fsp3) is 0.684. The minimum atomic E-state index is -0.573. The summed E-state index contributed by atoms with van der Waals surface area (Å²) < 4.78 is 0. The topological polar surface area (TPSA) is 38.7 Å². The van der Waals surface area contributed by atoms with Gasteiger partial charge in [-0.3, -0.25) is 9.80 Å². The van der Waals surface area contributed by atoms with E-state index in [9.17, 15) is 5.11 Å². The molecular formula is C19H31N3O. The summed E-state index contributed by atoms with van der Waals surface area (Å²) in [6, 6.07) is 8.78. The van der Waals surface area contributed by atoms with Crippen molar-refractivity contribution in [2.75, 3.05) is 39.8 Å². The quantitative estimate of drug-likeness (QED) is 0.840. The molecule has 23 heavy (non-hydrogen) atoms. The first-order chi connectivity index (χ1) is 11.1. The summed E-state index contributed by atoms with van der Waals surface area (Å²) in [5.74, 6) is 0. The zero-order valence-corrected chi connectivity index (χ0v) is 14.4. The summed E-state index contributed by atoms with van der Waals surface area (Å²) in [4.78, 5) is 4.83. The molecule has 0 spiro atoms. The van der Waals surface area contributed by atoms with Crippen molar-refractivity contribution >= 4 is 0 Å². The van der Waals surface area contributed by atoms with Crippen molar-refractivity contribution in [3.63, 3.8) is 0 Å². The summed E-state index contributed by atoms with van der Waals surface area (Å²) in [6.45, 7) is 6.92. The highest BCUT2D eigenvalue weighted by atomic mass is 16.3. The third-order valence-electron chi connectivity index (χ3n) is 5.17. The number of hydrogen-bond donors (Lipinski definition) is 2. The van der Waals surface area contributed by atoms with Gasteiger partial charge in [0.05, 0.1) is 5.60 Å². The Morgan fingerprint density at radius 1 is 1.17 bits per heavy atom. The van der Waals surface area contributed by atoms with Gasteiger partial charge in [0.25, 0.3) is 0 Å². The van der Waals surface area contributed by atoms with Gasteiger partial charge in [-0.1, -0.05) is 24.3 Å². The van der Waals surface area contributed by atoms with Crippen LogP contribution in [0, 0.1) is 0 Å². The number of nitrogens with one attached hydrogen (secondary N) is 1. The highest BCUT2D eigenvalue weighted by Gasteiger charge is 2.30. The smallest absolute Gasteiger partial charge is 0.0898 e. The van der Waals surface area contributed by atoms with Gasteiger partial charge in [-0.25, -0.2) is 0 Å². The third-order valence-corrected chi connectivity index (χ3v) is 5.17. The maximum absolute atomic E-state index is 10.7. The van der Waals surface area contributed by atoms with Crippen molar-refractivity contribution < 1.29 is 5.11 Å². The zero-order valence-electron chi connectivity index (χ0n) is 14.4. The van der Waals surface area contributed by atoms with Gasteiger partial charge in [0.1, 0.15) is 0 Å². The summed E-state index contributed by atoms with van der Waals surface area (Å²) in [7, 11) is 2.12. The molecule has 2 aliphatic rings. The molecule has 2 aliphatic heterocycles. The molecule has 0 bridgehead atoms. The highest BCUT2D eigenvalue weighted by molar-refractivity contribution is 5.27. The van der Waals surface area contributed by atoms with Crippen LogP contribution in [0.3, 0.4) is 0 Å². The van der Waals surface area contributed by atoms with Crippen molar-refractivity contribution in [1.29, 1.82) is 0 Å². The Bertz CT molecular complexity index is 493. The molecule has 0 saturated carbocycles. The number of piperidine rings is 1. The largest absolute Gasteiger partial charge is 0.387 e. The Labute approximate surface area is 140 Å². The van der Waals surface area contributed by atoms with E-state index in [2.05, 4.69) is 46.4 Å². The molecule has 0 radical (unpaired) electrons. The monoisotopic (exact) mass is 317 g/mol. The molecule has 2 heterocycles. The van der Waals surface area contributed by atoms with Gasteiger partial charge in [0, 0.05) is 26.2 Å². The van der Waals surface area contributed by atoms with Crippen molar-refractivity contribution in [1.82, 2.24) is 15.1 Å². The van der Waals surface area contributed by atoms with E-state index < -0.39 is 5.60 Å². The molecule has 128 valence electrons. The average molecular weight is 317 g/mol. The van der Waals surface area contributed by atoms with Gasteiger partial charge >= 0.3 is 0 Å². The number of benzene rings is 1. The SMILES string of the molecule is CN(Cc1ccccc1CN1CCCC1)CC1(O)CCCNC1. The first kappa shape index (κ1) is 16.9. The predicted octanol–water partition coefficient (Wildman–Crippen LogP) is 1.83. The Morgan fingerprint density at radius 2 is 1.91 bits per heavy atom. The minimum Gasteiger partial charge on any atom is -0.387 e. The Hall–Kier alpha value is -0.940. The number of nitrogens with zero attached hydrogens (tertiary/aromatic N) is 2. The lowest BCUT2D eigenvalue weighted by atomic mass is 9.93. The van der Waals surface area contributed by atoms with Crippen LogP contribution in [0.5, 0.6) is 0 Å². The second-order valence-corrected chi connectivity index (χ2v) is 7.43. The van der Waals surface area contributed by atoms with Crippen LogP contribution in [0.1, 0.15) is 36.8 Å². The van der Waals surface area contributed by atoms with Crippen LogP contribution in [0.25, 0.3) is 0 Å². The van der Waals surface area contributed by atoms with Gasteiger partial charge in [0.15, 0.2) is 0 Å². The average Bonchev–Trinajstić information content (AvgIpc) is 3.02. The van der Waals surface area contributed by atoms with E-state index in [0.29, 0.717) is 6.54 Å². The molecule has 0 aromatic heterocycles. The minimum absolute atomic E-state index is 0.573. The van der Waals surface area contributed by atoms with E-state index in [4.69, 9.17) is 0 Å². The Morgan fingerprint density at radius 3 is 2.61 bits per heavy atom. The zero-order chi connectivity index (χ0) is 16.1. The van der Waals surface area contributed by atoms with Crippen LogP contribution in [-0.2, 0) is 13.1 Å². The second-order valence-electron chi connectivity index (χ2n) is 7.43. The molecule has 4 nitrogen and oxygen atoms in total. The molecule has 2 saturated heterocycles. The van der Waals surface area contributed by atoms with Crippen molar-refractivity contribution in [2.24, 2.45) is 0 Å². The van der Waals surface area contributed by atoms with Crippen LogP contribution in [0.4, 0.5) is 0 Å². The molecular weight excluding hydrogens is 286 g/mol. The molecule has 4 heteroatoms. The van der Waals surface area contributed by atoms with E-state index >= 15 is 0 Å². The molecule has 3 rings (SSSR count). The molecule has 2 fully saturated rings. The van der Waals surface area contributed by atoms with Crippen LogP contribution in [-0.4, -0.2) is 60.3 Å². The molecule has 1 unspecified atom stereocenters. The number of aliphatic hydroxyl groups is 1. The molecule has 0 amide bonds. The number of likely N-dealkylation sites (tertiary alicyclic amines) is 1. The van der Waals surface area contributed by atoms with E-state index in [1.165, 1.54) is 37.1 Å². The summed E-state index contributed by atoms with van der Waals surface area (Å²) >= 11 is 0. The molecule has 1 aromatic carbocycles. The van der Waals surface area contributed by atoms with Crippen LogP contribution < -0.4 is 5.32 Å². The molecule has 1 aromatic rings. The standard InChI is InChI=1S/C19H31N3O/c1-21(16-19(23)9-6-10-20-15-19)13-17-7-2-3-8-18(17)14-22-11-4-5-12-22/h2-3,7-8,20,23H,4-6,9-16H2,1H3. The second kappa shape index (κ2) is 7.75. The molecule has 0 aliphatic carbocycles. The van der Waals surface area contributed by atoms with Gasteiger partial charge in [-0.15, -0.1) is 0 Å². The maximum atomic E-state index is 10.7. The van der Waals surface area contributed by atoms with E-state index in [1.807, 2.05) is 0 Å². The number of rotatable bonds is 6. The van der Waals surface area contributed by atoms with Crippen LogP contribution in [0.15, 0.2) is 24.3 Å². The lowest BCUT2D eigenvalue weighted by Crippen LogP contribution is -2.52. The predicted molar refractivity (Wildman–Crippen MR) is 94.3 cm³/mol. The van der Waals surface area contributed by atoms with E-state index in [-0.39, 0.29) is 0 Å². The molecule has 2 N–H and O–H groups in total. The van der Waals surface area contributed by atoms with Crippen molar-refractivity contribution in [2.45, 2.75) is 44.4 Å². The van der Waals surface area contributed by atoms with Crippen molar-refractivity contribution in [3.8, 4) is 0 Å². The third kappa shape index (κ3) is 4.77. The molecule has 1 atom stereocenters. The number of likely N-dealkylation sites (N-methyl/N-ethyl adjacent to an activating group) is 1. The summed E-state index contributed by atoms with van der Waals surface area (Å²) in [6.07, 6.45) is 4.64. The Kier molecular flexibility index (Phi) is 5.70. The van der Waals surface area contributed by atoms with E-state index in [1.54, 1.807) is 0 Å². The van der Waals surface area contributed by atoms with Crippen molar-refractivity contribution in [3.05, 3.63) is 35.4 Å². The number of β-amino-alcohol motifs (C(OH)–C–C–N with tert-alkyl or cyclic N) is 1.